The van der Waals surface area contributed by atoms with Crippen LogP contribution in [0.5, 0.6) is 0 Å². The van der Waals surface area contributed by atoms with Gasteiger partial charge in [0.25, 0.3) is 0 Å². The Morgan fingerprint density at radius 3 is 2.58 bits per heavy atom. The summed E-state index contributed by atoms with van der Waals surface area (Å²) in [4.78, 5) is 16.5. The molecule has 1 atom stereocenters. The molecule has 2 aliphatic rings. The molecule has 2 heterocycles. The Balaban J connectivity index is 1.68. The minimum atomic E-state index is 0.329. The molecule has 0 radical (unpaired) electrons. The van der Waals surface area contributed by atoms with Crippen molar-refractivity contribution < 1.29 is 9.53 Å². The highest BCUT2D eigenvalue weighted by Gasteiger charge is 2.24. The summed E-state index contributed by atoms with van der Waals surface area (Å²) in [5, 5.41) is 0. The van der Waals surface area contributed by atoms with Crippen LogP contribution in [0, 0.1) is 11.8 Å². The fraction of sp³-hybridized carbons (Fsp3) is 0.933. The Bertz CT molecular complexity index is 280. The van der Waals surface area contributed by atoms with Gasteiger partial charge >= 0.3 is 0 Å². The van der Waals surface area contributed by atoms with Gasteiger partial charge in [0.15, 0.2) is 0 Å². The van der Waals surface area contributed by atoms with Crippen molar-refractivity contribution in [2.45, 2.75) is 33.1 Å². The Morgan fingerprint density at radius 1 is 1.26 bits per heavy atom. The Hall–Kier alpha value is -0.610. The normalized spacial score (nSPS) is 25.8. The molecule has 2 saturated heterocycles. The van der Waals surface area contributed by atoms with E-state index in [0.717, 1.165) is 45.9 Å². The fourth-order valence-electron chi connectivity index (χ4n) is 2.97. The lowest BCUT2D eigenvalue weighted by atomic mass is 10.0. The van der Waals surface area contributed by atoms with E-state index in [2.05, 4.69) is 18.7 Å². The van der Waals surface area contributed by atoms with E-state index >= 15 is 0 Å². The van der Waals surface area contributed by atoms with Crippen LogP contribution in [0.1, 0.15) is 33.1 Å². The molecular formula is C15H28N2O2. The summed E-state index contributed by atoms with van der Waals surface area (Å²) >= 11 is 0. The maximum atomic E-state index is 12.0. The molecule has 4 heteroatoms. The molecule has 0 aromatic rings. The molecule has 0 bridgehead atoms. The van der Waals surface area contributed by atoms with E-state index in [-0.39, 0.29) is 0 Å². The number of hydrogen-bond donors (Lipinski definition) is 0. The second kappa shape index (κ2) is 7.25. The summed E-state index contributed by atoms with van der Waals surface area (Å²) in [6, 6.07) is 0. The van der Waals surface area contributed by atoms with Gasteiger partial charge in [-0.15, -0.1) is 0 Å². The number of rotatable bonds is 4. The van der Waals surface area contributed by atoms with Gasteiger partial charge in [-0.3, -0.25) is 9.69 Å². The van der Waals surface area contributed by atoms with E-state index < -0.39 is 0 Å². The zero-order chi connectivity index (χ0) is 13.7. The van der Waals surface area contributed by atoms with Gasteiger partial charge in [-0.1, -0.05) is 13.8 Å². The van der Waals surface area contributed by atoms with Crippen molar-refractivity contribution in [3.05, 3.63) is 0 Å². The summed E-state index contributed by atoms with van der Waals surface area (Å²) in [7, 11) is 0. The van der Waals surface area contributed by atoms with Crippen LogP contribution in [0.4, 0.5) is 0 Å². The Labute approximate surface area is 117 Å². The van der Waals surface area contributed by atoms with Crippen molar-refractivity contribution in [3.8, 4) is 0 Å². The smallest absolute Gasteiger partial charge is 0.222 e. The summed E-state index contributed by atoms with van der Waals surface area (Å²) in [6.45, 7) is 11.1. The molecule has 1 unspecified atom stereocenters. The molecule has 0 aromatic carbocycles. The maximum absolute atomic E-state index is 12.0. The van der Waals surface area contributed by atoms with Crippen LogP contribution in [-0.4, -0.2) is 61.6 Å². The Morgan fingerprint density at radius 2 is 2.00 bits per heavy atom. The first-order valence-corrected chi connectivity index (χ1v) is 7.73. The number of carbonyl (C=O) groups is 1. The summed E-state index contributed by atoms with van der Waals surface area (Å²) in [5.74, 6) is 1.49. The van der Waals surface area contributed by atoms with E-state index in [1.807, 2.05) is 4.90 Å². The summed E-state index contributed by atoms with van der Waals surface area (Å²) in [5.41, 5.74) is 0. The molecule has 0 saturated carbocycles. The lowest BCUT2D eigenvalue weighted by Gasteiger charge is -2.37. The van der Waals surface area contributed by atoms with Crippen molar-refractivity contribution in [2.24, 2.45) is 11.8 Å². The number of carbonyl (C=O) groups excluding carboxylic acids is 1. The van der Waals surface area contributed by atoms with Gasteiger partial charge in [0.05, 0.1) is 6.61 Å². The van der Waals surface area contributed by atoms with Crippen LogP contribution in [0.3, 0.4) is 0 Å². The van der Waals surface area contributed by atoms with Crippen molar-refractivity contribution in [2.75, 3.05) is 45.9 Å². The number of ether oxygens (including phenoxy) is 1. The molecule has 2 fully saturated rings. The lowest BCUT2D eigenvalue weighted by Crippen LogP contribution is -2.50. The standard InChI is InChI=1S/C15H28N2O2/c1-13(2)10-15(18)17-7-5-16(6-8-17)11-14-4-3-9-19-12-14/h13-14H,3-12H2,1-2H3. The largest absolute Gasteiger partial charge is 0.381 e. The number of piperazine rings is 1. The maximum Gasteiger partial charge on any atom is 0.222 e. The SMILES string of the molecule is CC(C)CC(=O)N1CCN(CC2CCCOC2)CC1. The number of amides is 1. The average Bonchev–Trinajstić information content (AvgIpc) is 2.40. The van der Waals surface area contributed by atoms with Gasteiger partial charge in [-0.25, -0.2) is 0 Å². The summed E-state index contributed by atoms with van der Waals surface area (Å²) < 4.78 is 5.54. The van der Waals surface area contributed by atoms with Crippen molar-refractivity contribution >= 4 is 5.91 Å². The molecule has 4 nitrogen and oxygen atoms in total. The zero-order valence-corrected chi connectivity index (χ0v) is 12.4. The molecule has 110 valence electrons. The minimum Gasteiger partial charge on any atom is -0.381 e. The molecule has 0 aromatic heterocycles. The van der Waals surface area contributed by atoms with E-state index in [9.17, 15) is 4.79 Å². The quantitative estimate of drug-likeness (QED) is 0.776. The predicted octanol–water partition coefficient (Wildman–Crippen LogP) is 1.60. The van der Waals surface area contributed by atoms with Crippen molar-refractivity contribution in [1.82, 2.24) is 9.80 Å². The lowest BCUT2D eigenvalue weighted by molar-refractivity contribution is -0.133. The van der Waals surface area contributed by atoms with E-state index in [0.29, 0.717) is 24.2 Å². The highest BCUT2D eigenvalue weighted by molar-refractivity contribution is 5.76. The van der Waals surface area contributed by atoms with E-state index in [4.69, 9.17) is 4.74 Å². The van der Waals surface area contributed by atoms with Gasteiger partial charge < -0.3 is 9.64 Å². The van der Waals surface area contributed by atoms with E-state index in [1.165, 1.54) is 12.8 Å². The molecule has 2 aliphatic heterocycles. The average molecular weight is 268 g/mol. The van der Waals surface area contributed by atoms with Crippen molar-refractivity contribution in [3.63, 3.8) is 0 Å². The van der Waals surface area contributed by atoms with Crippen molar-refractivity contribution in [1.29, 1.82) is 0 Å². The van der Waals surface area contributed by atoms with Gasteiger partial charge in [0.2, 0.25) is 5.91 Å². The van der Waals surface area contributed by atoms with Crippen LogP contribution < -0.4 is 0 Å². The molecule has 0 spiro atoms. The third-order valence-electron chi connectivity index (χ3n) is 4.08. The zero-order valence-electron chi connectivity index (χ0n) is 12.4. The summed E-state index contributed by atoms with van der Waals surface area (Å²) in [6.07, 6.45) is 3.19. The van der Waals surface area contributed by atoms with Crippen LogP contribution >= 0.6 is 0 Å². The first-order chi connectivity index (χ1) is 9.15. The molecule has 0 aliphatic carbocycles. The van der Waals surface area contributed by atoms with Crippen LogP contribution in [-0.2, 0) is 9.53 Å². The second-order valence-corrected chi connectivity index (χ2v) is 6.36. The third-order valence-corrected chi connectivity index (χ3v) is 4.08. The van der Waals surface area contributed by atoms with Gasteiger partial charge in [0, 0.05) is 45.8 Å². The first kappa shape index (κ1) is 14.8. The van der Waals surface area contributed by atoms with Gasteiger partial charge in [-0.2, -0.15) is 0 Å². The topological polar surface area (TPSA) is 32.8 Å². The molecular weight excluding hydrogens is 240 g/mol. The van der Waals surface area contributed by atoms with Gasteiger partial charge in [-0.05, 0) is 24.7 Å². The first-order valence-electron chi connectivity index (χ1n) is 7.73. The second-order valence-electron chi connectivity index (χ2n) is 6.36. The predicted molar refractivity (Wildman–Crippen MR) is 76.0 cm³/mol. The van der Waals surface area contributed by atoms with Crippen LogP contribution in [0.15, 0.2) is 0 Å². The highest BCUT2D eigenvalue weighted by Crippen LogP contribution is 2.16. The molecule has 1 amide bonds. The van der Waals surface area contributed by atoms with Crippen LogP contribution in [0.25, 0.3) is 0 Å². The Kier molecular flexibility index (Phi) is 5.64. The molecule has 0 N–H and O–H groups in total. The minimum absolute atomic E-state index is 0.329. The molecule has 19 heavy (non-hydrogen) atoms. The monoisotopic (exact) mass is 268 g/mol. The number of hydrogen-bond acceptors (Lipinski definition) is 3. The fourth-order valence-corrected chi connectivity index (χ4v) is 2.97. The van der Waals surface area contributed by atoms with Crippen LogP contribution in [0.2, 0.25) is 0 Å². The molecule has 2 rings (SSSR count). The van der Waals surface area contributed by atoms with Gasteiger partial charge in [0.1, 0.15) is 0 Å². The third kappa shape index (κ3) is 4.77. The highest BCUT2D eigenvalue weighted by atomic mass is 16.5. The van der Waals surface area contributed by atoms with E-state index in [1.54, 1.807) is 0 Å². The number of nitrogens with zero attached hydrogens (tertiary/aromatic N) is 2.